The van der Waals surface area contributed by atoms with E-state index in [9.17, 15) is 14.5 Å². The molecule has 0 saturated carbocycles. The minimum absolute atomic E-state index is 0.00189. The lowest BCUT2D eigenvalue weighted by Crippen LogP contribution is -2.13. The van der Waals surface area contributed by atoms with Gasteiger partial charge in [0.1, 0.15) is 5.82 Å². The third-order valence-electron chi connectivity index (χ3n) is 2.95. The number of nitrogens with zero attached hydrogens (tertiary/aromatic N) is 1. The summed E-state index contributed by atoms with van der Waals surface area (Å²) < 4.78 is 18.5. The smallest absolute Gasteiger partial charge is 0.311 e. The maximum absolute atomic E-state index is 13.1. The molecule has 0 aliphatic heterocycles. The van der Waals surface area contributed by atoms with Crippen LogP contribution in [0.4, 0.5) is 10.1 Å². The number of rotatable bonds is 6. The topological polar surface area (TPSA) is 52.4 Å². The Bertz CT molecular complexity index is 469. The van der Waals surface area contributed by atoms with E-state index in [2.05, 4.69) is 27.7 Å². The Morgan fingerprint density at radius 1 is 1.40 bits per heavy atom. The van der Waals surface area contributed by atoms with E-state index in [1.807, 2.05) is 0 Å². The standard InChI is InChI=1S/C15H22FNO3/c1-11(10-15(2,3)4)7-8-20-14-9-12(16)5-6-13(14)17(18)19/h5-6,9,11H,7-8,10H2,1-4H3. The van der Waals surface area contributed by atoms with Crippen LogP contribution in [0.3, 0.4) is 0 Å². The van der Waals surface area contributed by atoms with E-state index in [0.717, 1.165) is 31.0 Å². The average Bonchev–Trinajstić information content (AvgIpc) is 2.26. The van der Waals surface area contributed by atoms with E-state index < -0.39 is 10.7 Å². The molecule has 1 unspecified atom stereocenters. The van der Waals surface area contributed by atoms with Crippen LogP contribution in [0.25, 0.3) is 0 Å². The number of ether oxygens (including phenoxy) is 1. The Morgan fingerprint density at radius 3 is 2.60 bits per heavy atom. The second kappa shape index (κ2) is 6.68. The van der Waals surface area contributed by atoms with Crippen molar-refractivity contribution in [2.75, 3.05) is 6.61 Å². The molecular weight excluding hydrogens is 261 g/mol. The molecule has 0 saturated heterocycles. The van der Waals surface area contributed by atoms with Crippen LogP contribution in [0, 0.1) is 27.3 Å². The van der Waals surface area contributed by atoms with Crippen molar-refractivity contribution in [3.63, 3.8) is 0 Å². The zero-order chi connectivity index (χ0) is 15.3. The summed E-state index contributed by atoms with van der Waals surface area (Å²) in [6.07, 6.45) is 1.83. The highest BCUT2D eigenvalue weighted by Crippen LogP contribution is 2.29. The van der Waals surface area contributed by atoms with Crippen LogP contribution in [0.5, 0.6) is 5.75 Å². The van der Waals surface area contributed by atoms with Gasteiger partial charge in [0.2, 0.25) is 0 Å². The molecule has 0 spiro atoms. The van der Waals surface area contributed by atoms with Crippen LogP contribution in [0.2, 0.25) is 0 Å². The summed E-state index contributed by atoms with van der Waals surface area (Å²) in [5.41, 5.74) is 0.0412. The molecule has 5 heteroatoms. The summed E-state index contributed by atoms with van der Waals surface area (Å²) in [5, 5.41) is 10.8. The van der Waals surface area contributed by atoms with Crippen molar-refractivity contribution in [1.82, 2.24) is 0 Å². The minimum atomic E-state index is -0.562. The molecule has 0 heterocycles. The van der Waals surface area contributed by atoms with Crippen molar-refractivity contribution in [2.45, 2.75) is 40.5 Å². The summed E-state index contributed by atoms with van der Waals surface area (Å²) in [5.74, 6) is -0.0890. The minimum Gasteiger partial charge on any atom is -0.487 e. The highest BCUT2D eigenvalue weighted by atomic mass is 19.1. The van der Waals surface area contributed by atoms with Crippen LogP contribution in [0.1, 0.15) is 40.5 Å². The van der Waals surface area contributed by atoms with Gasteiger partial charge < -0.3 is 4.74 Å². The number of hydrogen-bond acceptors (Lipinski definition) is 3. The second-order valence-electron chi connectivity index (χ2n) is 6.38. The SMILES string of the molecule is CC(CCOc1cc(F)ccc1[N+](=O)[O-])CC(C)(C)C. The summed E-state index contributed by atoms with van der Waals surface area (Å²) in [4.78, 5) is 10.3. The Hall–Kier alpha value is -1.65. The van der Waals surface area contributed by atoms with E-state index in [1.165, 1.54) is 0 Å². The zero-order valence-electron chi connectivity index (χ0n) is 12.5. The first kappa shape index (κ1) is 16.4. The Kier molecular flexibility index (Phi) is 5.48. The summed E-state index contributed by atoms with van der Waals surface area (Å²) in [7, 11) is 0. The fourth-order valence-electron chi connectivity index (χ4n) is 2.27. The molecule has 4 nitrogen and oxygen atoms in total. The molecule has 0 bridgehead atoms. The second-order valence-corrected chi connectivity index (χ2v) is 6.38. The fourth-order valence-corrected chi connectivity index (χ4v) is 2.27. The quantitative estimate of drug-likeness (QED) is 0.567. The molecule has 0 aromatic heterocycles. The van der Waals surface area contributed by atoms with Gasteiger partial charge in [-0.05, 0) is 30.2 Å². The first-order valence-electron chi connectivity index (χ1n) is 6.76. The van der Waals surface area contributed by atoms with Gasteiger partial charge in [0.25, 0.3) is 0 Å². The number of nitro groups is 1. The normalized spacial score (nSPS) is 13.1. The Balaban J connectivity index is 2.58. The van der Waals surface area contributed by atoms with Gasteiger partial charge >= 0.3 is 5.69 Å². The molecule has 1 rings (SSSR count). The van der Waals surface area contributed by atoms with Crippen molar-refractivity contribution < 1.29 is 14.1 Å². The van der Waals surface area contributed by atoms with Crippen LogP contribution < -0.4 is 4.74 Å². The largest absolute Gasteiger partial charge is 0.487 e. The van der Waals surface area contributed by atoms with Gasteiger partial charge in [0.05, 0.1) is 11.5 Å². The summed E-state index contributed by atoms with van der Waals surface area (Å²) >= 11 is 0. The molecule has 0 fully saturated rings. The van der Waals surface area contributed by atoms with Gasteiger partial charge in [-0.2, -0.15) is 0 Å². The van der Waals surface area contributed by atoms with E-state index in [0.29, 0.717) is 12.5 Å². The maximum Gasteiger partial charge on any atom is 0.311 e. The van der Waals surface area contributed by atoms with Crippen LogP contribution >= 0.6 is 0 Å². The molecule has 0 N–H and O–H groups in total. The van der Waals surface area contributed by atoms with Gasteiger partial charge in [-0.1, -0.05) is 27.7 Å². The fraction of sp³-hybridized carbons (Fsp3) is 0.600. The third kappa shape index (κ3) is 5.55. The molecule has 1 aromatic carbocycles. The molecule has 1 aromatic rings. The molecular formula is C15H22FNO3. The van der Waals surface area contributed by atoms with E-state index >= 15 is 0 Å². The molecule has 0 amide bonds. The van der Waals surface area contributed by atoms with Crippen molar-refractivity contribution in [2.24, 2.45) is 11.3 Å². The average molecular weight is 283 g/mol. The van der Waals surface area contributed by atoms with Crippen LogP contribution in [-0.4, -0.2) is 11.5 Å². The molecule has 1 atom stereocenters. The van der Waals surface area contributed by atoms with Crippen LogP contribution in [-0.2, 0) is 0 Å². The van der Waals surface area contributed by atoms with Gasteiger partial charge in [0.15, 0.2) is 5.75 Å². The summed E-state index contributed by atoms with van der Waals surface area (Å²) in [6, 6.07) is 3.25. The number of hydrogen-bond donors (Lipinski definition) is 0. The van der Waals surface area contributed by atoms with E-state index in [-0.39, 0.29) is 16.9 Å². The van der Waals surface area contributed by atoms with Gasteiger partial charge in [-0.3, -0.25) is 10.1 Å². The highest BCUT2D eigenvalue weighted by Gasteiger charge is 2.18. The number of halogens is 1. The van der Waals surface area contributed by atoms with Gasteiger partial charge in [-0.15, -0.1) is 0 Å². The molecule has 0 aliphatic rings. The molecule has 20 heavy (non-hydrogen) atoms. The van der Waals surface area contributed by atoms with Crippen molar-refractivity contribution >= 4 is 5.69 Å². The first-order chi connectivity index (χ1) is 9.19. The van der Waals surface area contributed by atoms with Crippen molar-refractivity contribution in [1.29, 1.82) is 0 Å². The zero-order valence-corrected chi connectivity index (χ0v) is 12.5. The van der Waals surface area contributed by atoms with Gasteiger partial charge in [0, 0.05) is 12.1 Å². The Morgan fingerprint density at radius 2 is 2.05 bits per heavy atom. The molecule has 0 radical (unpaired) electrons. The van der Waals surface area contributed by atoms with Crippen molar-refractivity contribution in [3.8, 4) is 5.75 Å². The van der Waals surface area contributed by atoms with Crippen molar-refractivity contribution in [3.05, 3.63) is 34.1 Å². The van der Waals surface area contributed by atoms with Gasteiger partial charge in [-0.25, -0.2) is 4.39 Å². The highest BCUT2D eigenvalue weighted by molar-refractivity contribution is 5.46. The van der Waals surface area contributed by atoms with E-state index in [4.69, 9.17) is 4.74 Å². The predicted octanol–water partition coefficient (Wildman–Crippen LogP) is 4.58. The van der Waals surface area contributed by atoms with Crippen LogP contribution in [0.15, 0.2) is 18.2 Å². The molecule has 112 valence electrons. The lowest BCUT2D eigenvalue weighted by Gasteiger charge is -2.23. The summed E-state index contributed by atoms with van der Waals surface area (Å²) in [6.45, 7) is 8.97. The Labute approximate surface area is 119 Å². The third-order valence-corrected chi connectivity index (χ3v) is 2.95. The first-order valence-corrected chi connectivity index (χ1v) is 6.76. The predicted molar refractivity (Wildman–Crippen MR) is 76.4 cm³/mol. The lowest BCUT2D eigenvalue weighted by atomic mass is 9.84. The number of nitro benzene ring substituents is 1. The van der Waals surface area contributed by atoms with E-state index in [1.54, 1.807) is 0 Å². The monoisotopic (exact) mass is 283 g/mol. The maximum atomic E-state index is 13.1. The lowest BCUT2D eigenvalue weighted by molar-refractivity contribution is -0.385. The number of benzene rings is 1. The molecule has 0 aliphatic carbocycles.